The molecule has 0 aliphatic heterocycles. The highest BCUT2D eigenvalue weighted by atomic mass is 32.1. The van der Waals surface area contributed by atoms with Crippen LogP contribution < -0.4 is 5.32 Å². The van der Waals surface area contributed by atoms with Gasteiger partial charge in [0.25, 0.3) is 0 Å². The van der Waals surface area contributed by atoms with Crippen LogP contribution in [-0.4, -0.2) is 31.6 Å². The second-order valence-electron chi connectivity index (χ2n) is 5.55. The minimum absolute atomic E-state index is 0.309. The van der Waals surface area contributed by atoms with Crippen LogP contribution in [-0.2, 0) is 6.54 Å². The number of carboxylic acid groups (broad SMARTS) is 1. The highest BCUT2D eigenvalue weighted by molar-refractivity contribution is 7.13. The Balaban J connectivity index is 2.06. The quantitative estimate of drug-likeness (QED) is 0.903. The van der Waals surface area contributed by atoms with E-state index in [-0.39, 0.29) is 0 Å². The molecule has 0 radical (unpaired) electrons. The van der Waals surface area contributed by atoms with E-state index in [9.17, 15) is 9.90 Å². The monoisotopic (exact) mass is 306 g/mol. The molecule has 7 heteroatoms. The van der Waals surface area contributed by atoms with Gasteiger partial charge in [-0.25, -0.2) is 14.8 Å². The predicted molar refractivity (Wildman–Crippen MR) is 83.0 cm³/mol. The number of aromatic nitrogens is 2. The molecular weight excluding hydrogens is 288 g/mol. The van der Waals surface area contributed by atoms with Crippen molar-refractivity contribution in [2.24, 2.45) is 0 Å². The van der Waals surface area contributed by atoms with Gasteiger partial charge < -0.3 is 10.4 Å². The topological polar surface area (TPSA) is 78.3 Å². The average Bonchev–Trinajstić information content (AvgIpc) is 2.89. The van der Waals surface area contributed by atoms with Gasteiger partial charge in [-0.2, -0.15) is 0 Å². The first-order valence-corrected chi connectivity index (χ1v) is 7.36. The van der Waals surface area contributed by atoms with E-state index in [1.54, 1.807) is 12.4 Å². The minimum Gasteiger partial charge on any atom is -0.465 e. The zero-order valence-corrected chi connectivity index (χ0v) is 13.0. The smallest absolute Gasteiger partial charge is 0.408 e. The fourth-order valence-electron chi connectivity index (χ4n) is 1.76. The number of nitrogens with one attached hydrogen (secondary N) is 1. The maximum absolute atomic E-state index is 11.3. The van der Waals surface area contributed by atoms with Crippen molar-refractivity contribution in [3.63, 3.8) is 0 Å². The fraction of sp³-hybridized carbons (Fsp3) is 0.357. The third kappa shape index (κ3) is 4.16. The Hall–Kier alpha value is -2.15. The van der Waals surface area contributed by atoms with Crippen LogP contribution >= 0.6 is 11.3 Å². The van der Waals surface area contributed by atoms with E-state index in [0.29, 0.717) is 12.4 Å². The van der Waals surface area contributed by atoms with Crippen LogP contribution in [0.15, 0.2) is 29.9 Å². The molecule has 2 aromatic rings. The Morgan fingerprint density at radius 3 is 2.62 bits per heavy atom. The molecule has 112 valence electrons. The van der Waals surface area contributed by atoms with E-state index >= 15 is 0 Å². The number of hydrogen-bond acceptors (Lipinski definition) is 5. The first-order chi connectivity index (χ1) is 9.86. The summed E-state index contributed by atoms with van der Waals surface area (Å²) in [5, 5.41) is 15.0. The molecule has 0 aliphatic rings. The molecule has 0 fully saturated rings. The zero-order chi connectivity index (χ0) is 15.5. The van der Waals surface area contributed by atoms with E-state index in [2.05, 4.69) is 15.3 Å². The molecule has 2 N–H and O–H groups in total. The van der Waals surface area contributed by atoms with E-state index in [4.69, 9.17) is 0 Å². The maximum atomic E-state index is 11.3. The largest absolute Gasteiger partial charge is 0.465 e. The van der Waals surface area contributed by atoms with Gasteiger partial charge >= 0.3 is 6.09 Å². The Labute approximate surface area is 127 Å². The lowest BCUT2D eigenvalue weighted by molar-refractivity contribution is 0.0955. The van der Waals surface area contributed by atoms with Crippen LogP contribution in [0.2, 0.25) is 0 Å². The van der Waals surface area contributed by atoms with E-state index in [0.717, 1.165) is 10.7 Å². The number of amides is 1. The summed E-state index contributed by atoms with van der Waals surface area (Å²) in [5.41, 5.74) is 0.390. The molecule has 21 heavy (non-hydrogen) atoms. The van der Waals surface area contributed by atoms with Gasteiger partial charge in [0.2, 0.25) is 0 Å². The maximum Gasteiger partial charge on any atom is 0.408 e. The lowest BCUT2D eigenvalue weighted by Crippen LogP contribution is -2.44. The second-order valence-corrected chi connectivity index (χ2v) is 6.45. The SMILES string of the molecule is CC(C)(C)N(Cc1ccc(Nc2nccs2)nc1)C(=O)O. The van der Waals surface area contributed by atoms with Crippen molar-refractivity contribution < 1.29 is 9.90 Å². The van der Waals surface area contributed by atoms with Gasteiger partial charge in [-0.3, -0.25) is 4.90 Å². The van der Waals surface area contributed by atoms with Crippen LogP contribution in [0.3, 0.4) is 0 Å². The molecule has 0 unspecified atom stereocenters. The molecule has 0 aromatic carbocycles. The van der Waals surface area contributed by atoms with Crippen LogP contribution in [0.5, 0.6) is 0 Å². The molecule has 6 nitrogen and oxygen atoms in total. The van der Waals surface area contributed by atoms with E-state index < -0.39 is 11.6 Å². The predicted octanol–water partition coefficient (Wildman–Crippen LogP) is 3.56. The van der Waals surface area contributed by atoms with E-state index in [1.807, 2.05) is 38.3 Å². The third-order valence-corrected chi connectivity index (χ3v) is 3.56. The van der Waals surface area contributed by atoms with Crippen LogP contribution in [0.25, 0.3) is 0 Å². The van der Waals surface area contributed by atoms with Crippen molar-refractivity contribution in [2.45, 2.75) is 32.9 Å². The van der Waals surface area contributed by atoms with Crippen LogP contribution in [0.4, 0.5) is 15.7 Å². The number of thiazole rings is 1. The molecule has 0 bridgehead atoms. The highest BCUT2D eigenvalue weighted by Crippen LogP contribution is 2.20. The first kappa shape index (κ1) is 15.2. The van der Waals surface area contributed by atoms with Gasteiger partial charge in [0.1, 0.15) is 5.82 Å². The van der Waals surface area contributed by atoms with Gasteiger partial charge in [0.15, 0.2) is 5.13 Å². The number of carbonyl (C=O) groups is 1. The van der Waals surface area contributed by atoms with Crippen molar-refractivity contribution in [2.75, 3.05) is 5.32 Å². The highest BCUT2D eigenvalue weighted by Gasteiger charge is 2.26. The van der Waals surface area contributed by atoms with Gasteiger partial charge in [-0.1, -0.05) is 6.07 Å². The Morgan fingerprint density at radius 2 is 2.14 bits per heavy atom. The van der Waals surface area contributed by atoms with Gasteiger partial charge in [0.05, 0.1) is 6.54 Å². The Kier molecular flexibility index (Phi) is 4.42. The number of pyridine rings is 1. The number of hydrogen-bond donors (Lipinski definition) is 2. The molecule has 0 atom stereocenters. The molecule has 2 rings (SSSR count). The molecule has 0 spiro atoms. The minimum atomic E-state index is -0.938. The second kappa shape index (κ2) is 6.09. The van der Waals surface area contributed by atoms with Crippen molar-refractivity contribution >= 4 is 28.4 Å². The van der Waals surface area contributed by atoms with E-state index in [1.165, 1.54) is 16.2 Å². The van der Waals surface area contributed by atoms with Crippen LogP contribution in [0, 0.1) is 0 Å². The summed E-state index contributed by atoms with van der Waals surface area (Å²) >= 11 is 1.49. The Bertz CT molecular complexity index is 590. The number of rotatable bonds is 4. The lowest BCUT2D eigenvalue weighted by atomic mass is 10.1. The van der Waals surface area contributed by atoms with Crippen molar-refractivity contribution in [3.05, 3.63) is 35.5 Å². The molecule has 0 aliphatic carbocycles. The Morgan fingerprint density at radius 1 is 1.38 bits per heavy atom. The normalized spacial score (nSPS) is 11.2. The summed E-state index contributed by atoms with van der Waals surface area (Å²) in [4.78, 5) is 21.1. The average molecular weight is 306 g/mol. The standard InChI is InChI=1S/C14H18N4O2S/c1-14(2,3)18(13(19)20)9-10-4-5-11(16-8-10)17-12-15-6-7-21-12/h4-8H,9H2,1-3H3,(H,19,20)(H,15,16,17). The zero-order valence-electron chi connectivity index (χ0n) is 12.2. The van der Waals surface area contributed by atoms with Crippen molar-refractivity contribution in [3.8, 4) is 0 Å². The summed E-state index contributed by atoms with van der Waals surface area (Å²) in [6, 6.07) is 3.68. The molecule has 1 amide bonds. The number of nitrogens with zero attached hydrogens (tertiary/aromatic N) is 3. The summed E-state index contributed by atoms with van der Waals surface area (Å²) < 4.78 is 0. The van der Waals surface area contributed by atoms with Crippen LogP contribution in [0.1, 0.15) is 26.3 Å². The molecule has 2 heterocycles. The van der Waals surface area contributed by atoms with Gasteiger partial charge in [-0.05, 0) is 32.4 Å². The summed E-state index contributed by atoms with van der Waals surface area (Å²) in [7, 11) is 0. The van der Waals surface area contributed by atoms with Crippen molar-refractivity contribution in [1.29, 1.82) is 0 Å². The summed E-state index contributed by atoms with van der Waals surface area (Å²) in [6.07, 6.45) is 2.46. The molecule has 0 saturated heterocycles. The lowest BCUT2D eigenvalue weighted by Gasteiger charge is -2.33. The number of anilines is 2. The summed E-state index contributed by atoms with van der Waals surface area (Å²) in [6.45, 7) is 5.91. The third-order valence-electron chi connectivity index (χ3n) is 2.87. The fourth-order valence-corrected chi connectivity index (χ4v) is 2.30. The molecule has 2 aromatic heterocycles. The first-order valence-electron chi connectivity index (χ1n) is 6.48. The molecule has 0 saturated carbocycles. The summed E-state index contributed by atoms with van der Waals surface area (Å²) in [5.74, 6) is 0.686. The van der Waals surface area contributed by atoms with Crippen molar-refractivity contribution in [1.82, 2.24) is 14.9 Å². The van der Waals surface area contributed by atoms with Gasteiger partial charge in [-0.15, -0.1) is 11.3 Å². The van der Waals surface area contributed by atoms with Gasteiger partial charge in [0, 0.05) is 23.3 Å². The molecular formula is C14H18N4O2S.